The Bertz CT molecular complexity index is 971. The number of halogens is 3. The number of allylic oxidation sites excluding steroid dienone is 2. The van der Waals surface area contributed by atoms with Gasteiger partial charge in [0.25, 0.3) is 10.0 Å². The predicted octanol–water partition coefficient (Wildman–Crippen LogP) is 4.55. The smallest absolute Gasteiger partial charge is 0.288 e. The van der Waals surface area contributed by atoms with Crippen LogP contribution in [0, 0.1) is 0 Å². The van der Waals surface area contributed by atoms with Gasteiger partial charge in [-0.2, -0.15) is 12.8 Å². The maximum absolute atomic E-state index is 12.4. The Morgan fingerprint density at radius 3 is 2.30 bits per heavy atom. The van der Waals surface area contributed by atoms with Crippen LogP contribution in [0.5, 0.6) is 0 Å². The van der Waals surface area contributed by atoms with Crippen molar-refractivity contribution in [3.8, 4) is 0 Å². The highest BCUT2D eigenvalue weighted by Gasteiger charge is 2.26. The van der Waals surface area contributed by atoms with E-state index in [1.807, 2.05) is 0 Å². The van der Waals surface area contributed by atoms with Crippen LogP contribution in [0.2, 0.25) is 9.36 Å². The van der Waals surface area contributed by atoms with Crippen molar-refractivity contribution in [3.63, 3.8) is 0 Å². The molecule has 0 amide bonds. The van der Waals surface area contributed by atoms with Gasteiger partial charge in [-0.3, -0.25) is 4.79 Å². The molecule has 0 bridgehead atoms. The molecular formula is C14H6Cl3NO3S2. The van der Waals surface area contributed by atoms with Crippen LogP contribution < -0.4 is 0 Å². The second-order valence-electron chi connectivity index (χ2n) is 4.51. The maximum atomic E-state index is 12.4. The van der Waals surface area contributed by atoms with E-state index >= 15 is 0 Å². The molecule has 1 aromatic heterocycles. The molecule has 3 rings (SSSR count). The summed E-state index contributed by atoms with van der Waals surface area (Å²) in [5.74, 6) is -0.374. The molecule has 1 aliphatic carbocycles. The lowest BCUT2D eigenvalue weighted by atomic mass is 9.94. The highest BCUT2D eigenvalue weighted by molar-refractivity contribution is 7.92. The second kappa shape index (κ2) is 6.03. The van der Waals surface area contributed by atoms with E-state index in [0.29, 0.717) is 11.1 Å². The van der Waals surface area contributed by atoms with Crippen molar-refractivity contribution in [2.24, 2.45) is 4.40 Å². The first-order valence-corrected chi connectivity index (χ1v) is 9.50. The molecular weight excluding hydrogens is 401 g/mol. The summed E-state index contributed by atoms with van der Waals surface area (Å²) in [7, 11) is -4.02. The summed E-state index contributed by atoms with van der Waals surface area (Å²) in [6.07, 6.45) is 1.24. The molecule has 23 heavy (non-hydrogen) atoms. The van der Waals surface area contributed by atoms with Crippen LogP contribution in [0.4, 0.5) is 0 Å². The van der Waals surface area contributed by atoms with Crippen molar-refractivity contribution in [2.45, 2.75) is 4.21 Å². The average molecular weight is 407 g/mol. The Morgan fingerprint density at radius 2 is 1.70 bits per heavy atom. The summed E-state index contributed by atoms with van der Waals surface area (Å²) < 4.78 is 28.7. The molecule has 0 aliphatic heterocycles. The molecule has 1 aromatic carbocycles. The van der Waals surface area contributed by atoms with Gasteiger partial charge in [-0.1, -0.05) is 59.1 Å². The number of hydrogen-bond donors (Lipinski definition) is 0. The van der Waals surface area contributed by atoms with E-state index < -0.39 is 10.0 Å². The van der Waals surface area contributed by atoms with Crippen LogP contribution in [0.1, 0.15) is 15.9 Å². The molecule has 9 heteroatoms. The van der Waals surface area contributed by atoms with Gasteiger partial charge in [-0.25, -0.2) is 0 Å². The van der Waals surface area contributed by atoms with E-state index in [1.165, 1.54) is 12.1 Å². The normalized spacial score (nSPS) is 16.4. The zero-order chi connectivity index (χ0) is 16.8. The summed E-state index contributed by atoms with van der Waals surface area (Å²) in [4.78, 5) is 12.0. The van der Waals surface area contributed by atoms with Crippen molar-refractivity contribution in [1.29, 1.82) is 0 Å². The van der Waals surface area contributed by atoms with E-state index in [4.69, 9.17) is 34.8 Å². The van der Waals surface area contributed by atoms with Gasteiger partial charge in [-0.05, 0) is 12.1 Å². The second-order valence-corrected chi connectivity index (χ2v) is 8.81. The third-order valence-electron chi connectivity index (χ3n) is 3.02. The molecule has 0 unspecified atom stereocenters. The average Bonchev–Trinajstić information content (AvgIpc) is 2.85. The number of fused-ring (bicyclic) bond motifs is 1. The number of nitrogens with zero attached hydrogens (tertiary/aromatic N) is 1. The Kier molecular flexibility index (Phi) is 4.37. The first-order valence-electron chi connectivity index (χ1n) is 6.11. The number of carbonyl (C=O) groups excluding carboxylic acids is 1. The predicted molar refractivity (Wildman–Crippen MR) is 92.8 cm³/mol. The van der Waals surface area contributed by atoms with Crippen molar-refractivity contribution < 1.29 is 13.2 Å². The minimum absolute atomic E-state index is 0.0843. The van der Waals surface area contributed by atoms with Gasteiger partial charge >= 0.3 is 0 Å². The lowest BCUT2D eigenvalue weighted by Gasteiger charge is -2.13. The van der Waals surface area contributed by atoms with Gasteiger partial charge in [0.1, 0.15) is 8.55 Å². The molecule has 0 N–H and O–H groups in total. The summed E-state index contributed by atoms with van der Waals surface area (Å²) >= 11 is 18.3. The van der Waals surface area contributed by atoms with Gasteiger partial charge < -0.3 is 0 Å². The SMILES string of the molecule is O=C1C(Cl)=C/C(=N/S(=O)(=O)c2cc(Cl)c(Cl)s2)c2ccccc21. The number of ketones is 1. The van der Waals surface area contributed by atoms with Crippen LogP contribution in [0.25, 0.3) is 0 Å². The van der Waals surface area contributed by atoms with Crippen molar-refractivity contribution in [2.75, 3.05) is 0 Å². The minimum atomic E-state index is -4.02. The number of hydrogen-bond acceptors (Lipinski definition) is 4. The standard InChI is InChI=1S/C14H6Cl3NO3S2/c15-9-5-11(7-3-1-2-4-8(7)13(9)19)18-23(20,21)12-6-10(16)14(17)22-12/h1-6H/b18-11-. The molecule has 0 fully saturated rings. The Labute approximate surface area is 151 Å². The molecule has 0 saturated carbocycles. The van der Waals surface area contributed by atoms with Gasteiger partial charge in [0.05, 0.1) is 15.8 Å². The highest BCUT2D eigenvalue weighted by Crippen LogP contribution is 2.35. The fourth-order valence-electron chi connectivity index (χ4n) is 2.00. The largest absolute Gasteiger partial charge is 0.292 e. The number of Topliss-reactive ketones (excluding diaryl/α,β-unsaturated/α-hetero) is 1. The molecule has 0 spiro atoms. The van der Waals surface area contributed by atoms with Gasteiger partial charge in [0.2, 0.25) is 5.78 Å². The molecule has 2 aromatic rings. The third kappa shape index (κ3) is 3.09. The molecule has 118 valence electrons. The number of carbonyl (C=O) groups is 1. The van der Waals surface area contributed by atoms with Crippen LogP contribution >= 0.6 is 46.1 Å². The van der Waals surface area contributed by atoms with Gasteiger partial charge in [0.15, 0.2) is 0 Å². The first kappa shape index (κ1) is 16.7. The fraction of sp³-hybridized carbons (Fsp3) is 0. The summed E-state index contributed by atoms with van der Waals surface area (Å²) in [5, 5.41) is 0.0446. The summed E-state index contributed by atoms with van der Waals surface area (Å²) in [5.41, 5.74) is 0.793. The third-order valence-corrected chi connectivity index (χ3v) is 6.91. The number of sulfonamides is 1. The number of benzene rings is 1. The highest BCUT2D eigenvalue weighted by atomic mass is 35.5. The van der Waals surface area contributed by atoms with E-state index in [1.54, 1.807) is 24.3 Å². The Hall–Kier alpha value is -1.18. The van der Waals surface area contributed by atoms with Crippen LogP contribution in [-0.4, -0.2) is 19.9 Å². The summed E-state index contributed by atoms with van der Waals surface area (Å²) in [6.45, 7) is 0. The quantitative estimate of drug-likeness (QED) is 0.735. The lowest BCUT2D eigenvalue weighted by Crippen LogP contribution is -2.16. The topological polar surface area (TPSA) is 63.6 Å². The maximum Gasteiger partial charge on any atom is 0.292 e. The minimum Gasteiger partial charge on any atom is -0.288 e. The van der Waals surface area contributed by atoms with E-state index in [0.717, 1.165) is 11.3 Å². The van der Waals surface area contributed by atoms with Crippen molar-refractivity contribution >= 4 is 67.7 Å². The zero-order valence-corrected chi connectivity index (χ0v) is 15.0. The fourth-order valence-corrected chi connectivity index (χ4v) is 5.06. The molecule has 4 nitrogen and oxygen atoms in total. The van der Waals surface area contributed by atoms with Crippen LogP contribution in [-0.2, 0) is 10.0 Å². The van der Waals surface area contributed by atoms with E-state index in [9.17, 15) is 13.2 Å². The molecule has 0 saturated heterocycles. The molecule has 0 atom stereocenters. The monoisotopic (exact) mass is 405 g/mol. The van der Waals surface area contributed by atoms with Gasteiger partial charge in [0, 0.05) is 11.1 Å². The number of thiophene rings is 1. The lowest BCUT2D eigenvalue weighted by molar-refractivity contribution is 0.104. The molecule has 1 aliphatic rings. The Balaban J connectivity index is 2.17. The van der Waals surface area contributed by atoms with Crippen molar-refractivity contribution in [1.82, 2.24) is 0 Å². The van der Waals surface area contributed by atoms with Crippen molar-refractivity contribution in [3.05, 3.63) is 61.9 Å². The molecule has 0 radical (unpaired) electrons. The molecule has 1 heterocycles. The number of rotatable bonds is 2. The zero-order valence-electron chi connectivity index (χ0n) is 11.1. The van der Waals surface area contributed by atoms with Crippen LogP contribution in [0.3, 0.4) is 0 Å². The van der Waals surface area contributed by atoms with E-state index in [-0.39, 0.29) is 30.1 Å². The van der Waals surface area contributed by atoms with Crippen LogP contribution in [0.15, 0.2) is 50.0 Å². The summed E-state index contributed by atoms with van der Waals surface area (Å²) in [6, 6.07) is 7.75. The van der Waals surface area contributed by atoms with Gasteiger partial charge in [-0.15, -0.1) is 11.3 Å². The van der Waals surface area contributed by atoms with E-state index in [2.05, 4.69) is 4.40 Å². The first-order chi connectivity index (χ1) is 10.8. The Morgan fingerprint density at radius 1 is 1.04 bits per heavy atom.